The molecule has 2 rings (SSSR count). The molecule has 0 saturated carbocycles. The Morgan fingerprint density at radius 1 is 1.37 bits per heavy atom. The molecule has 19 heavy (non-hydrogen) atoms. The number of benzene rings is 1. The summed E-state index contributed by atoms with van der Waals surface area (Å²) in [5.74, 6) is 0.812. The van der Waals surface area contributed by atoms with Crippen molar-refractivity contribution in [3.8, 4) is 5.75 Å². The normalized spacial score (nSPS) is 12.4. The van der Waals surface area contributed by atoms with Crippen LogP contribution in [0, 0.1) is 0 Å². The standard InChI is InChI=1S/C13H15Br2N3O/c1-8(10-6-17-18-7-10)16-5-9-3-11(14)13(19-2)12(15)4-9/h3-4,6-8,16H,5H2,1-2H3,(H,17,18). The van der Waals surface area contributed by atoms with Crippen molar-refractivity contribution in [2.24, 2.45) is 0 Å². The van der Waals surface area contributed by atoms with Crippen LogP contribution >= 0.6 is 31.9 Å². The number of aromatic amines is 1. The van der Waals surface area contributed by atoms with Gasteiger partial charge in [-0.15, -0.1) is 0 Å². The van der Waals surface area contributed by atoms with Crippen molar-refractivity contribution in [1.82, 2.24) is 15.5 Å². The Hall–Kier alpha value is -0.850. The first kappa shape index (κ1) is 14.6. The largest absolute Gasteiger partial charge is 0.494 e. The molecule has 0 spiro atoms. The predicted octanol–water partition coefficient (Wildman–Crippen LogP) is 3.79. The molecule has 2 aromatic rings. The molecule has 0 aliphatic rings. The molecule has 0 aliphatic heterocycles. The number of hydrogen-bond donors (Lipinski definition) is 2. The van der Waals surface area contributed by atoms with Crippen molar-refractivity contribution < 1.29 is 4.74 Å². The first-order chi connectivity index (χ1) is 9.11. The highest BCUT2D eigenvalue weighted by Crippen LogP contribution is 2.34. The van der Waals surface area contributed by atoms with E-state index in [1.54, 1.807) is 7.11 Å². The van der Waals surface area contributed by atoms with Gasteiger partial charge in [-0.1, -0.05) is 0 Å². The Bertz CT molecular complexity index is 520. The van der Waals surface area contributed by atoms with Crippen LogP contribution in [0.3, 0.4) is 0 Å². The summed E-state index contributed by atoms with van der Waals surface area (Å²) in [6, 6.07) is 4.36. The van der Waals surface area contributed by atoms with Crippen LogP contribution in [0.2, 0.25) is 0 Å². The number of aromatic nitrogens is 2. The van der Waals surface area contributed by atoms with Gasteiger partial charge in [-0.3, -0.25) is 5.10 Å². The monoisotopic (exact) mass is 387 g/mol. The molecular formula is C13H15Br2N3O. The van der Waals surface area contributed by atoms with Crippen molar-refractivity contribution in [1.29, 1.82) is 0 Å². The zero-order valence-corrected chi connectivity index (χ0v) is 13.9. The molecule has 0 amide bonds. The van der Waals surface area contributed by atoms with Crippen LogP contribution in [0.1, 0.15) is 24.1 Å². The van der Waals surface area contributed by atoms with E-state index in [1.807, 2.05) is 12.4 Å². The fourth-order valence-electron chi connectivity index (χ4n) is 1.80. The van der Waals surface area contributed by atoms with Gasteiger partial charge in [0.1, 0.15) is 5.75 Å². The van der Waals surface area contributed by atoms with Crippen molar-refractivity contribution >= 4 is 31.9 Å². The number of halogens is 2. The molecule has 102 valence electrons. The number of hydrogen-bond acceptors (Lipinski definition) is 3. The average Bonchev–Trinajstić information content (AvgIpc) is 2.89. The van der Waals surface area contributed by atoms with E-state index in [0.717, 1.165) is 26.8 Å². The Balaban J connectivity index is 2.04. The van der Waals surface area contributed by atoms with Crippen LogP contribution in [0.4, 0.5) is 0 Å². The van der Waals surface area contributed by atoms with Crippen molar-refractivity contribution in [3.05, 3.63) is 44.6 Å². The van der Waals surface area contributed by atoms with Gasteiger partial charge in [0.2, 0.25) is 0 Å². The Labute approximate surface area is 129 Å². The maximum Gasteiger partial charge on any atom is 0.147 e. The lowest BCUT2D eigenvalue weighted by molar-refractivity contribution is 0.409. The molecule has 1 heterocycles. The molecule has 0 fully saturated rings. The molecule has 1 atom stereocenters. The topological polar surface area (TPSA) is 49.9 Å². The van der Waals surface area contributed by atoms with E-state index in [1.165, 1.54) is 5.56 Å². The van der Waals surface area contributed by atoms with E-state index in [0.29, 0.717) is 0 Å². The molecule has 0 saturated heterocycles. The predicted molar refractivity (Wildman–Crippen MR) is 82.2 cm³/mol. The number of nitrogens with one attached hydrogen (secondary N) is 2. The zero-order valence-electron chi connectivity index (χ0n) is 10.7. The molecule has 1 aromatic carbocycles. The maximum atomic E-state index is 5.29. The van der Waals surface area contributed by atoms with Crippen molar-refractivity contribution in [2.45, 2.75) is 19.5 Å². The molecule has 0 aliphatic carbocycles. The van der Waals surface area contributed by atoms with E-state index in [9.17, 15) is 0 Å². The summed E-state index contributed by atoms with van der Waals surface area (Å²) in [5, 5.41) is 10.2. The quantitative estimate of drug-likeness (QED) is 0.819. The smallest absolute Gasteiger partial charge is 0.147 e. The molecule has 0 radical (unpaired) electrons. The highest BCUT2D eigenvalue weighted by molar-refractivity contribution is 9.11. The van der Waals surface area contributed by atoms with Crippen molar-refractivity contribution in [3.63, 3.8) is 0 Å². The lowest BCUT2D eigenvalue weighted by Crippen LogP contribution is -2.17. The fraction of sp³-hybridized carbons (Fsp3) is 0.308. The van der Waals surface area contributed by atoms with Gasteiger partial charge in [0.05, 0.1) is 22.3 Å². The summed E-state index contributed by atoms with van der Waals surface area (Å²) >= 11 is 7.01. The van der Waals surface area contributed by atoms with E-state index in [2.05, 4.69) is 66.4 Å². The van der Waals surface area contributed by atoms with Gasteiger partial charge < -0.3 is 10.1 Å². The lowest BCUT2D eigenvalue weighted by atomic mass is 10.1. The summed E-state index contributed by atoms with van der Waals surface area (Å²) in [5.41, 5.74) is 2.32. The number of rotatable bonds is 5. The summed E-state index contributed by atoms with van der Waals surface area (Å²) in [4.78, 5) is 0. The first-order valence-corrected chi connectivity index (χ1v) is 7.44. The van der Waals surface area contributed by atoms with Gasteiger partial charge in [0, 0.05) is 24.3 Å². The number of ether oxygens (including phenoxy) is 1. The third kappa shape index (κ3) is 3.58. The number of methoxy groups -OCH3 is 1. The molecule has 1 unspecified atom stereocenters. The van der Waals surface area contributed by atoms with Crippen LogP contribution < -0.4 is 10.1 Å². The number of nitrogens with zero attached hydrogens (tertiary/aromatic N) is 1. The molecule has 0 bridgehead atoms. The summed E-state index contributed by atoms with van der Waals surface area (Å²) in [6.45, 7) is 2.88. The van der Waals surface area contributed by atoms with Crippen molar-refractivity contribution in [2.75, 3.05) is 7.11 Å². The lowest BCUT2D eigenvalue weighted by Gasteiger charge is -2.14. The van der Waals surface area contributed by atoms with Crippen LogP contribution in [-0.2, 0) is 6.54 Å². The Kier molecular flexibility index (Phi) is 5.01. The van der Waals surface area contributed by atoms with Gasteiger partial charge in [-0.2, -0.15) is 5.10 Å². The van der Waals surface area contributed by atoms with Gasteiger partial charge in [0.15, 0.2) is 0 Å². The highest BCUT2D eigenvalue weighted by atomic mass is 79.9. The van der Waals surface area contributed by atoms with Gasteiger partial charge >= 0.3 is 0 Å². The zero-order chi connectivity index (χ0) is 13.8. The SMILES string of the molecule is COc1c(Br)cc(CNC(C)c2cn[nH]c2)cc1Br. The minimum absolute atomic E-state index is 0.249. The van der Waals surface area contributed by atoms with Gasteiger partial charge in [-0.05, 0) is 56.5 Å². The van der Waals surface area contributed by atoms with E-state index >= 15 is 0 Å². The minimum Gasteiger partial charge on any atom is -0.494 e. The fourth-order valence-corrected chi connectivity index (χ4v) is 3.40. The summed E-state index contributed by atoms with van der Waals surface area (Å²) < 4.78 is 7.17. The summed E-state index contributed by atoms with van der Waals surface area (Å²) in [7, 11) is 1.66. The van der Waals surface area contributed by atoms with Gasteiger partial charge in [-0.25, -0.2) is 0 Å². The number of H-pyrrole nitrogens is 1. The molecule has 4 nitrogen and oxygen atoms in total. The molecule has 6 heteroatoms. The third-order valence-electron chi connectivity index (χ3n) is 2.89. The maximum absolute atomic E-state index is 5.29. The first-order valence-electron chi connectivity index (χ1n) is 5.85. The Morgan fingerprint density at radius 3 is 2.58 bits per heavy atom. The Morgan fingerprint density at radius 2 is 2.05 bits per heavy atom. The van der Waals surface area contributed by atoms with E-state index in [-0.39, 0.29) is 6.04 Å². The average molecular weight is 389 g/mol. The second-order valence-corrected chi connectivity index (χ2v) is 5.94. The molecular weight excluding hydrogens is 374 g/mol. The van der Waals surface area contributed by atoms with Crippen LogP contribution in [0.5, 0.6) is 5.75 Å². The second kappa shape index (κ2) is 6.54. The third-order valence-corrected chi connectivity index (χ3v) is 4.07. The van der Waals surface area contributed by atoms with Crippen LogP contribution in [-0.4, -0.2) is 17.3 Å². The highest BCUT2D eigenvalue weighted by Gasteiger charge is 2.10. The van der Waals surface area contributed by atoms with Crippen LogP contribution in [0.15, 0.2) is 33.5 Å². The second-order valence-electron chi connectivity index (χ2n) is 4.23. The summed E-state index contributed by atoms with van der Waals surface area (Å²) in [6.07, 6.45) is 3.73. The van der Waals surface area contributed by atoms with E-state index < -0.39 is 0 Å². The molecule has 1 aromatic heterocycles. The van der Waals surface area contributed by atoms with Gasteiger partial charge in [0.25, 0.3) is 0 Å². The van der Waals surface area contributed by atoms with Crippen LogP contribution in [0.25, 0.3) is 0 Å². The molecule has 2 N–H and O–H groups in total. The van der Waals surface area contributed by atoms with E-state index in [4.69, 9.17) is 4.74 Å². The minimum atomic E-state index is 0.249.